The van der Waals surface area contributed by atoms with Gasteiger partial charge in [0.2, 0.25) is 0 Å². The molecule has 0 bridgehead atoms. The lowest BCUT2D eigenvalue weighted by Gasteiger charge is -2.44. The predicted octanol–water partition coefficient (Wildman–Crippen LogP) is -3.56. The Morgan fingerprint density at radius 1 is 1.09 bits per heavy atom. The van der Waals surface area contributed by atoms with E-state index in [-0.39, 0.29) is 5.57 Å². The molecule has 0 spiro atoms. The van der Waals surface area contributed by atoms with Gasteiger partial charge in [0.05, 0.1) is 24.8 Å². The Morgan fingerprint density at radius 2 is 1.74 bits per heavy atom. The molecule has 1 heterocycles. The summed E-state index contributed by atoms with van der Waals surface area (Å²) < 4.78 is 10.4. The van der Waals surface area contributed by atoms with Gasteiger partial charge in [0, 0.05) is 7.11 Å². The normalized spacial score (nSPS) is 48.2. The molecule has 0 amide bonds. The van der Waals surface area contributed by atoms with Gasteiger partial charge in [-0.2, -0.15) is 0 Å². The largest absolute Gasteiger partial charge is 0.392 e. The molecule has 1 aliphatic heterocycles. The van der Waals surface area contributed by atoms with Gasteiger partial charge in [0.1, 0.15) is 30.5 Å². The zero-order valence-electron chi connectivity index (χ0n) is 13.0. The highest BCUT2D eigenvalue weighted by atomic mass is 16.7. The van der Waals surface area contributed by atoms with E-state index in [9.17, 15) is 30.6 Å². The minimum Gasteiger partial charge on any atom is -0.392 e. The molecule has 2 rings (SSSR count). The molecule has 9 heteroatoms. The first-order valence-corrected chi connectivity index (χ1v) is 7.47. The van der Waals surface area contributed by atoms with Crippen molar-refractivity contribution >= 4 is 0 Å². The van der Waals surface area contributed by atoms with Crippen LogP contribution in [0.25, 0.3) is 0 Å². The molecular formula is C14H25NO8. The van der Waals surface area contributed by atoms with Crippen molar-refractivity contribution in [2.45, 2.75) is 61.9 Å². The number of nitrogens with one attached hydrogen (secondary N) is 1. The average Bonchev–Trinajstić information content (AvgIpc) is 2.54. The highest BCUT2D eigenvalue weighted by molar-refractivity contribution is 5.22. The van der Waals surface area contributed by atoms with Crippen molar-refractivity contribution < 1.29 is 40.1 Å². The summed E-state index contributed by atoms with van der Waals surface area (Å²) in [5, 5.41) is 62.0. The first-order valence-electron chi connectivity index (χ1n) is 7.47. The molecule has 0 aromatic heterocycles. The van der Waals surface area contributed by atoms with E-state index >= 15 is 0 Å². The van der Waals surface area contributed by atoms with Crippen LogP contribution in [0, 0.1) is 0 Å². The van der Waals surface area contributed by atoms with Crippen molar-refractivity contribution in [2.24, 2.45) is 0 Å². The van der Waals surface area contributed by atoms with Gasteiger partial charge >= 0.3 is 0 Å². The molecule has 0 aromatic rings. The molecule has 0 radical (unpaired) electrons. The van der Waals surface area contributed by atoms with Crippen molar-refractivity contribution in [3.63, 3.8) is 0 Å². The molecule has 7 N–H and O–H groups in total. The number of aliphatic hydroxyl groups is 6. The van der Waals surface area contributed by atoms with Crippen LogP contribution in [0.2, 0.25) is 0 Å². The zero-order valence-corrected chi connectivity index (χ0v) is 13.0. The quantitative estimate of drug-likeness (QED) is 0.259. The number of hydrogen-bond acceptors (Lipinski definition) is 9. The van der Waals surface area contributed by atoms with Gasteiger partial charge in [-0.05, 0) is 12.5 Å². The van der Waals surface area contributed by atoms with Crippen LogP contribution in [-0.4, -0.2) is 99.4 Å². The van der Waals surface area contributed by atoms with Gasteiger partial charge in [-0.1, -0.05) is 6.08 Å². The fraction of sp³-hybridized carbons (Fsp3) is 0.857. The molecule has 23 heavy (non-hydrogen) atoms. The number of aliphatic hydroxyl groups excluding tert-OH is 6. The number of rotatable bonds is 4. The summed E-state index contributed by atoms with van der Waals surface area (Å²) in [6, 6.07) is -1.60. The maximum atomic E-state index is 10.2. The van der Waals surface area contributed by atoms with Crippen LogP contribution in [0.5, 0.6) is 0 Å². The topological polar surface area (TPSA) is 152 Å². The van der Waals surface area contributed by atoms with Gasteiger partial charge in [0.15, 0.2) is 6.29 Å². The van der Waals surface area contributed by atoms with Crippen LogP contribution in [0.4, 0.5) is 0 Å². The Balaban J connectivity index is 2.15. The monoisotopic (exact) mass is 335 g/mol. The molecule has 9 atom stereocenters. The lowest BCUT2D eigenvalue weighted by molar-refractivity contribution is -0.265. The second-order valence-electron chi connectivity index (χ2n) is 5.97. The second-order valence-corrected chi connectivity index (χ2v) is 5.97. The molecule has 0 saturated carbocycles. The Labute approximate surface area is 133 Å². The first kappa shape index (κ1) is 18.7. The molecule has 1 aliphatic carbocycles. The summed E-state index contributed by atoms with van der Waals surface area (Å²) in [5.41, 5.74) is 0.162. The van der Waals surface area contributed by atoms with Crippen LogP contribution >= 0.6 is 0 Å². The van der Waals surface area contributed by atoms with Crippen LogP contribution in [0.1, 0.15) is 6.92 Å². The first-order chi connectivity index (χ1) is 10.8. The molecular weight excluding hydrogens is 310 g/mol. The number of hydrogen-bond donors (Lipinski definition) is 7. The van der Waals surface area contributed by atoms with Crippen LogP contribution < -0.4 is 5.32 Å². The van der Waals surface area contributed by atoms with Crippen LogP contribution in [-0.2, 0) is 9.47 Å². The summed E-state index contributed by atoms with van der Waals surface area (Å²) in [4.78, 5) is 0. The SMILES string of the molecule is CO[C@@H]1OC(C)[C@@H](N[C@H]2C=C(CO)[C@@H](O)C(O)C2O)C(O)C1O. The van der Waals surface area contributed by atoms with Gasteiger partial charge in [-0.25, -0.2) is 0 Å². The summed E-state index contributed by atoms with van der Waals surface area (Å²) in [5.74, 6) is 0. The number of methoxy groups -OCH3 is 1. The van der Waals surface area contributed by atoms with E-state index < -0.39 is 61.6 Å². The fourth-order valence-corrected chi connectivity index (χ4v) is 3.02. The van der Waals surface area contributed by atoms with Crippen molar-refractivity contribution in [3.05, 3.63) is 11.6 Å². The molecule has 1 saturated heterocycles. The molecule has 5 unspecified atom stereocenters. The minimum absolute atomic E-state index is 0.162. The van der Waals surface area contributed by atoms with Crippen molar-refractivity contribution in [1.82, 2.24) is 5.32 Å². The Kier molecular flexibility index (Phi) is 6.11. The van der Waals surface area contributed by atoms with E-state index in [1.54, 1.807) is 6.92 Å². The molecule has 9 nitrogen and oxygen atoms in total. The minimum atomic E-state index is -1.48. The van der Waals surface area contributed by atoms with Gasteiger partial charge in [-0.3, -0.25) is 0 Å². The molecule has 134 valence electrons. The van der Waals surface area contributed by atoms with Crippen molar-refractivity contribution in [3.8, 4) is 0 Å². The third-order valence-corrected chi connectivity index (χ3v) is 4.47. The standard InChI is InChI=1S/C14H25NO8/c1-5-8(11(19)13(21)14(22-2)23-5)15-7-3-6(4-16)9(17)12(20)10(7)18/h3,5,7-21H,4H2,1-2H3/t5?,7-,8+,9+,10?,11?,12?,13?,14+/m0/s1. The van der Waals surface area contributed by atoms with Gasteiger partial charge in [0.25, 0.3) is 0 Å². The zero-order chi connectivity index (χ0) is 17.3. The Bertz CT molecular complexity index is 433. The smallest absolute Gasteiger partial charge is 0.186 e. The van der Waals surface area contributed by atoms with Crippen molar-refractivity contribution in [1.29, 1.82) is 0 Å². The lowest BCUT2D eigenvalue weighted by Crippen LogP contribution is -2.66. The highest BCUT2D eigenvalue weighted by Gasteiger charge is 2.45. The van der Waals surface area contributed by atoms with Crippen molar-refractivity contribution in [2.75, 3.05) is 13.7 Å². The Hall–Kier alpha value is -0.620. The summed E-state index contributed by atoms with van der Waals surface area (Å²) in [6.07, 6.45) is -6.83. The van der Waals surface area contributed by atoms with Crippen LogP contribution in [0.3, 0.4) is 0 Å². The van der Waals surface area contributed by atoms with E-state index in [1.165, 1.54) is 13.2 Å². The lowest BCUT2D eigenvalue weighted by atomic mass is 9.86. The van der Waals surface area contributed by atoms with E-state index in [0.29, 0.717) is 0 Å². The number of ether oxygens (including phenoxy) is 2. The Morgan fingerprint density at radius 3 is 2.30 bits per heavy atom. The molecule has 2 aliphatic rings. The van der Waals surface area contributed by atoms with E-state index in [2.05, 4.69) is 5.32 Å². The van der Waals surface area contributed by atoms with E-state index in [1.807, 2.05) is 0 Å². The van der Waals surface area contributed by atoms with E-state index in [0.717, 1.165) is 0 Å². The molecule has 0 aromatic carbocycles. The second kappa shape index (κ2) is 7.51. The van der Waals surface area contributed by atoms with Crippen LogP contribution in [0.15, 0.2) is 11.6 Å². The summed E-state index contributed by atoms with van der Waals surface area (Å²) in [6.45, 7) is 1.19. The fourth-order valence-electron chi connectivity index (χ4n) is 3.02. The van der Waals surface area contributed by atoms with E-state index in [4.69, 9.17) is 9.47 Å². The summed E-state index contributed by atoms with van der Waals surface area (Å²) in [7, 11) is 1.35. The van der Waals surface area contributed by atoms with Gasteiger partial charge in [-0.15, -0.1) is 0 Å². The maximum absolute atomic E-state index is 10.2. The predicted molar refractivity (Wildman–Crippen MR) is 77.3 cm³/mol. The highest BCUT2D eigenvalue weighted by Crippen LogP contribution is 2.25. The molecule has 1 fully saturated rings. The third kappa shape index (κ3) is 3.58. The summed E-state index contributed by atoms with van der Waals surface area (Å²) >= 11 is 0. The average molecular weight is 335 g/mol. The maximum Gasteiger partial charge on any atom is 0.186 e. The third-order valence-electron chi connectivity index (χ3n) is 4.47. The van der Waals surface area contributed by atoms with Gasteiger partial charge < -0.3 is 45.4 Å².